The number of para-hydroxylation sites is 1. The van der Waals surface area contributed by atoms with Gasteiger partial charge in [0.05, 0.1) is 21.9 Å². The maximum Gasteiger partial charge on any atom is 0.125 e. The molecular formula is C12H12Cl2N2S. The molecule has 1 fully saturated rings. The van der Waals surface area contributed by atoms with Gasteiger partial charge in [-0.2, -0.15) is 11.8 Å². The third-order valence-electron chi connectivity index (χ3n) is 3.12. The predicted octanol–water partition coefficient (Wildman–Crippen LogP) is 4.11. The van der Waals surface area contributed by atoms with Gasteiger partial charge in [0.25, 0.3) is 0 Å². The standard InChI is InChI=1S/C12H12Cl2N2S/c13-6-11-15-10-3-1-2-9(14)12(10)16(11)8-4-5-17-7-8/h1-3,8H,4-7H2. The second-order valence-electron chi connectivity index (χ2n) is 4.16. The Morgan fingerprint density at radius 2 is 2.35 bits per heavy atom. The van der Waals surface area contributed by atoms with Crippen molar-refractivity contribution in [3.8, 4) is 0 Å². The molecule has 1 aliphatic heterocycles. The fourth-order valence-electron chi connectivity index (χ4n) is 2.37. The molecule has 1 aromatic heterocycles. The van der Waals surface area contributed by atoms with E-state index in [1.54, 1.807) is 0 Å². The van der Waals surface area contributed by atoms with Gasteiger partial charge < -0.3 is 4.57 Å². The van der Waals surface area contributed by atoms with E-state index in [9.17, 15) is 0 Å². The van der Waals surface area contributed by atoms with Crippen molar-refractivity contribution in [1.29, 1.82) is 0 Å². The van der Waals surface area contributed by atoms with Gasteiger partial charge in [-0.3, -0.25) is 0 Å². The fourth-order valence-corrected chi connectivity index (χ4v) is 4.01. The van der Waals surface area contributed by atoms with Crippen LogP contribution in [0.2, 0.25) is 5.02 Å². The summed E-state index contributed by atoms with van der Waals surface area (Å²) in [7, 11) is 0. The van der Waals surface area contributed by atoms with E-state index < -0.39 is 0 Å². The Balaban J connectivity index is 2.24. The van der Waals surface area contributed by atoms with Crippen LogP contribution in [0.25, 0.3) is 11.0 Å². The molecule has 2 aromatic rings. The van der Waals surface area contributed by atoms with E-state index >= 15 is 0 Å². The van der Waals surface area contributed by atoms with Gasteiger partial charge in [0.1, 0.15) is 5.82 Å². The van der Waals surface area contributed by atoms with Crippen LogP contribution < -0.4 is 0 Å². The van der Waals surface area contributed by atoms with Crippen LogP contribution >= 0.6 is 35.0 Å². The minimum atomic E-state index is 0.437. The number of nitrogens with zero attached hydrogens (tertiary/aromatic N) is 2. The number of hydrogen-bond donors (Lipinski definition) is 0. The van der Waals surface area contributed by atoms with Crippen molar-refractivity contribution in [2.24, 2.45) is 0 Å². The molecule has 17 heavy (non-hydrogen) atoms. The number of aromatic nitrogens is 2. The van der Waals surface area contributed by atoms with Crippen molar-refractivity contribution in [3.05, 3.63) is 29.0 Å². The van der Waals surface area contributed by atoms with Crippen molar-refractivity contribution in [2.75, 3.05) is 11.5 Å². The van der Waals surface area contributed by atoms with Crippen molar-refractivity contribution in [1.82, 2.24) is 9.55 Å². The molecule has 0 amide bonds. The number of rotatable bonds is 2. The SMILES string of the molecule is ClCc1nc2cccc(Cl)c2n1C1CCSC1. The van der Waals surface area contributed by atoms with E-state index in [0.29, 0.717) is 11.9 Å². The van der Waals surface area contributed by atoms with E-state index in [1.807, 2.05) is 30.0 Å². The molecular weight excluding hydrogens is 275 g/mol. The number of alkyl halides is 1. The quantitative estimate of drug-likeness (QED) is 0.774. The van der Waals surface area contributed by atoms with Gasteiger partial charge >= 0.3 is 0 Å². The molecule has 1 aliphatic rings. The van der Waals surface area contributed by atoms with Gasteiger partial charge in [-0.05, 0) is 24.3 Å². The molecule has 5 heteroatoms. The van der Waals surface area contributed by atoms with Gasteiger partial charge in [-0.15, -0.1) is 11.6 Å². The lowest BCUT2D eigenvalue weighted by molar-refractivity contribution is 0.558. The molecule has 1 unspecified atom stereocenters. The molecule has 2 heterocycles. The second kappa shape index (κ2) is 4.71. The Labute approximate surface area is 114 Å². The van der Waals surface area contributed by atoms with Crippen molar-refractivity contribution >= 4 is 46.0 Å². The van der Waals surface area contributed by atoms with Crippen LogP contribution in [-0.4, -0.2) is 21.1 Å². The summed E-state index contributed by atoms with van der Waals surface area (Å²) in [6, 6.07) is 6.33. The molecule has 0 bridgehead atoms. The highest BCUT2D eigenvalue weighted by Gasteiger charge is 2.23. The zero-order chi connectivity index (χ0) is 11.8. The normalized spacial score (nSPS) is 20.2. The van der Waals surface area contributed by atoms with Crippen LogP contribution in [0.4, 0.5) is 0 Å². The lowest BCUT2D eigenvalue weighted by atomic mass is 10.2. The molecule has 0 N–H and O–H groups in total. The van der Waals surface area contributed by atoms with E-state index in [0.717, 1.165) is 27.6 Å². The highest BCUT2D eigenvalue weighted by molar-refractivity contribution is 7.99. The summed E-state index contributed by atoms with van der Waals surface area (Å²) in [5, 5.41) is 0.767. The average molecular weight is 287 g/mol. The van der Waals surface area contributed by atoms with Crippen LogP contribution in [0, 0.1) is 0 Å². The van der Waals surface area contributed by atoms with Gasteiger partial charge in [-0.25, -0.2) is 4.98 Å². The Morgan fingerprint density at radius 3 is 3.06 bits per heavy atom. The smallest absolute Gasteiger partial charge is 0.125 e. The maximum absolute atomic E-state index is 6.30. The molecule has 0 aliphatic carbocycles. The average Bonchev–Trinajstić information content (AvgIpc) is 2.95. The first-order valence-electron chi connectivity index (χ1n) is 5.60. The minimum Gasteiger partial charge on any atom is -0.322 e. The monoisotopic (exact) mass is 286 g/mol. The molecule has 1 saturated heterocycles. The van der Waals surface area contributed by atoms with E-state index in [4.69, 9.17) is 23.2 Å². The molecule has 3 rings (SSSR count). The Hall–Kier alpha value is -0.380. The topological polar surface area (TPSA) is 17.8 Å². The first-order valence-corrected chi connectivity index (χ1v) is 7.67. The number of fused-ring (bicyclic) bond motifs is 1. The number of hydrogen-bond acceptors (Lipinski definition) is 2. The summed E-state index contributed by atoms with van der Waals surface area (Å²) in [5.41, 5.74) is 1.99. The summed E-state index contributed by atoms with van der Waals surface area (Å²) >= 11 is 14.3. The highest BCUT2D eigenvalue weighted by Crippen LogP contribution is 2.35. The fraction of sp³-hybridized carbons (Fsp3) is 0.417. The predicted molar refractivity (Wildman–Crippen MR) is 75.3 cm³/mol. The van der Waals surface area contributed by atoms with Gasteiger partial charge in [0.15, 0.2) is 0 Å². The van der Waals surface area contributed by atoms with Gasteiger partial charge in [0, 0.05) is 11.8 Å². The number of benzene rings is 1. The summed E-state index contributed by atoms with van der Waals surface area (Å²) in [4.78, 5) is 4.57. The van der Waals surface area contributed by atoms with Crippen molar-refractivity contribution in [3.63, 3.8) is 0 Å². The van der Waals surface area contributed by atoms with E-state index in [1.165, 1.54) is 12.2 Å². The lowest BCUT2D eigenvalue weighted by Gasteiger charge is -2.15. The van der Waals surface area contributed by atoms with Crippen molar-refractivity contribution < 1.29 is 0 Å². The molecule has 90 valence electrons. The lowest BCUT2D eigenvalue weighted by Crippen LogP contribution is -2.11. The largest absolute Gasteiger partial charge is 0.322 e. The summed E-state index contributed by atoms with van der Waals surface area (Å²) in [5.74, 6) is 3.70. The molecule has 0 saturated carbocycles. The number of halogens is 2. The van der Waals surface area contributed by atoms with Crippen molar-refractivity contribution in [2.45, 2.75) is 18.3 Å². The van der Waals surface area contributed by atoms with Crippen LogP contribution in [-0.2, 0) is 5.88 Å². The first-order chi connectivity index (χ1) is 8.31. The molecule has 0 spiro atoms. The molecule has 2 nitrogen and oxygen atoms in total. The summed E-state index contributed by atoms with van der Waals surface area (Å²) in [6.07, 6.45) is 1.17. The molecule has 1 aromatic carbocycles. The second-order valence-corrected chi connectivity index (χ2v) is 5.98. The Bertz CT molecular complexity index is 547. The molecule has 0 radical (unpaired) electrons. The van der Waals surface area contributed by atoms with Crippen LogP contribution in [0.15, 0.2) is 18.2 Å². The van der Waals surface area contributed by atoms with E-state index in [-0.39, 0.29) is 0 Å². The zero-order valence-corrected chi connectivity index (χ0v) is 11.5. The number of thioether (sulfide) groups is 1. The Kier molecular flexibility index (Phi) is 3.24. The van der Waals surface area contributed by atoms with Gasteiger partial charge in [0.2, 0.25) is 0 Å². The van der Waals surface area contributed by atoms with E-state index in [2.05, 4.69) is 9.55 Å². The summed E-state index contributed by atoms with van der Waals surface area (Å²) in [6.45, 7) is 0. The maximum atomic E-state index is 6.30. The molecule has 1 atom stereocenters. The van der Waals surface area contributed by atoms with Gasteiger partial charge in [-0.1, -0.05) is 17.7 Å². The minimum absolute atomic E-state index is 0.437. The number of imidazole rings is 1. The zero-order valence-electron chi connectivity index (χ0n) is 9.20. The third kappa shape index (κ3) is 1.94. The third-order valence-corrected chi connectivity index (χ3v) is 4.81. The Morgan fingerprint density at radius 1 is 1.47 bits per heavy atom. The van der Waals surface area contributed by atoms with Crippen LogP contribution in [0.3, 0.4) is 0 Å². The first kappa shape index (κ1) is 11.7. The highest BCUT2D eigenvalue weighted by atomic mass is 35.5. The van der Waals surface area contributed by atoms with Crippen LogP contribution in [0.1, 0.15) is 18.3 Å². The summed E-state index contributed by atoms with van der Waals surface area (Å²) < 4.78 is 2.24. The van der Waals surface area contributed by atoms with Crippen LogP contribution in [0.5, 0.6) is 0 Å².